The van der Waals surface area contributed by atoms with Crippen LogP contribution in [0.3, 0.4) is 0 Å². The fraction of sp³-hybridized carbons (Fsp3) is 0.222. The maximum Gasteiger partial charge on any atom is 0.336 e. The number of rotatable bonds is 2. The molecule has 0 unspecified atom stereocenters. The Labute approximate surface area is 89.3 Å². The summed E-state index contributed by atoms with van der Waals surface area (Å²) in [4.78, 5) is 12.2. The number of hydrogen-bond acceptors (Lipinski definition) is 2. The molecular weight excluding hydrogens is 253 g/mol. The fourth-order valence-corrected chi connectivity index (χ4v) is 1.54. The molecular formula is C9H9BrFNO2. The SMILES string of the molecule is CN(C)c1cc(Br)c(C(=O)O)cc1F. The molecule has 0 fully saturated rings. The van der Waals surface area contributed by atoms with Gasteiger partial charge in [-0.15, -0.1) is 0 Å². The molecule has 1 rings (SSSR count). The van der Waals surface area contributed by atoms with E-state index in [1.165, 1.54) is 6.07 Å². The van der Waals surface area contributed by atoms with Gasteiger partial charge in [0, 0.05) is 18.6 Å². The lowest BCUT2D eigenvalue weighted by atomic mass is 10.2. The molecule has 0 aromatic heterocycles. The first kappa shape index (κ1) is 11.0. The highest BCUT2D eigenvalue weighted by Gasteiger charge is 2.14. The second-order valence-corrected chi connectivity index (χ2v) is 3.84. The van der Waals surface area contributed by atoms with Gasteiger partial charge in [0.15, 0.2) is 0 Å². The number of carboxylic acid groups (broad SMARTS) is 1. The van der Waals surface area contributed by atoms with E-state index in [1.807, 2.05) is 0 Å². The quantitative estimate of drug-likeness (QED) is 0.889. The van der Waals surface area contributed by atoms with Crippen molar-refractivity contribution in [1.82, 2.24) is 0 Å². The molecule has 5 heteroatoms. The number of aromatic carboxylic acids is 1. The van der Waals surface area contributed by atoms with E-state index in [0.717, 1.165) is 6.07 Å². The highest BCUT2D eigenvalue weighted by molar-refractivity contribution is 9.10. The molecule has 0 spiro atoms. The Morgan fingerprint density at radius 1 is 1.50 bits per heavy atom. The van der Waals surface area contributed by atoms with Crippen LogP contribution in [0.25, 0.3) is 0 Å². The average molecular weight is 262 g/mol. The van der Waals surface area contributed by atoms with Gasteiger partial charge >= 0.3 is 5.97 Å². The van der Waals surface area contributed by atoms with Gasteiger partial charge in [-0.05, 0) is 28.1 Å². The van der Waals surface area contributed by atoms with Crippen molar-refractivity contribution in [2.24, 2.45) is 0 Å². The second-order valence-electron chi connectivity index (χ2n) is 2.98. The molecule has 1 aromatic rings. The summed E-state index contributed by atoms with van der Waals surface area (Å²) in [5.41, 5.74) is 0.273. The van der Waals surface area contributed by atoms with E-state index in [-0.39, 0.29) is 5.56 Å². The van der Waals surface area contributed by atoms with Gasteiger partial charge in [-0.2, -0.15) is 0 Å². The lowest BCUT2D eigenvalue weighted by Crippen LogP contribution is -2.12. The van der Waals surface area contributed by atoms with Gasteiger partial charge in [0.05, 0.1) is 11.3 Å². The van der Waals surface area contributed by atoms with Gasteiger partial charge in [-0.1, -0.05) is 0 Å². The van der Waals surface area contributed by atoms with Gasteiger partial charge in [0.1, 0.15) is 5.82 Å². The zero-order valence-electron chi connectivity index (χ0n) is 7.71. The number of benzene rings is 1. The van der Waals surface area contributed by atoms with E-state index in [1.54, 1.807) is 19.0 Å². The smallest absolute Gasteiger partial charge is 0.336 e. The summed E-state index contributed by atoms with van der Waals surface area (Å²) in [7, 11) is 3.37. The maximum absolute atomic E-state index is 13.3. The highest BCUT2D eigenvalue weighted by atomic mass is 79.9. The monoisotopic (exact) mass is 261 g/mol. The van der Waals surface area contributed by atoms with Crippen molar-refractivity contribution in [3.8, 4) is 0 Å². The van der Waals surface area contributed by atoms with Crippen molar-refractivity contribution in [3.63, 3.8) is 0 Å². The Kier molecular flexibility index (Phi) is 3.10. The molecule has 0 radical (unpaired) electrons. The van der Waals surface area contributed by atoms with Crippen molar-refractivity contribution in [1.29, 1.82) is 0 Å². The van der Waals surface area contributed by atoms with Crippen molar-refractivity contribution in [3.05, 3.63) is 28.0 Å². The molecule has 3 nitrogen and oxygen atoms in total. The summed E-state index contributed by atoms with van der Waals surface area (Å²) in [5.74, 6) is -1.70. The van der Waals surface area contributed by atoms with Crippen molar-refractivity contribution >= 4 is 27.6 Å². The van der Waals surface area contributed by atoms with Crippen LogP contribution in [-0.2, 0) is 0 Å². The van der Waals surface area contributed by atoms with Gasteiger partial charge in [-0.25, -0.2) is 9.18 Å². The van der Waals surface area contributed by atoms with Crippen LogP contribution in [0.15, 0.2) is 16.6 Å². The van der Waals surface area contributed by atoms with Gasteiger partial charge in [0.25, 0.3) is 0 Å². The summed E-state index contributed by atoms with van der Waals surface area (Å²) in [6, 6.07) is 2.44. The van der Waals surface area contributed by atoms with E-state index >= 15 is 0 Å². The lowest BCUT2D eigenvalue weighted by Gasteiger charge is -2.14. The summed E-state index contributed by atoms with van der Waals surface area (Å²) in [6.45, 7) is 0. The first-order valence-electron chi connectivity index (χ1n) is 3.83. The van der Waals surface area contributed by atoms with Crippen LogP contribution in [0, 0.1) is 5.82 Å². The van der Waals surface area contributed by atoms with Crippen LogP contribution in [0.2, 0.25) is 0 Å². The van der Waals surface area contributed by atoms with E-state index in [0.29, 0.717) is 10.2 Å². The molecule has 0 aliphatic rings. The van der Waals surface area contributed by atoms with E-state index in [2.05, 4.69) is 15.9 Å². The Morgan fingerprint density at radius 2 is 2.07 bits per heavy atom. The first-order chi connectivity index (χ1) is 6.43. The number of carboxylic acids is 1. The van der Waals surface area contributed by atoms with Crippen molar-refractivity contribution < 1.29 is 14.3 Å². The summed E-state index contributed by atoms with van der Waals surface area (Å²) in [5, 5.41) is 8.71. The predicted octanol–water partition coefficient (Wildman–Crippen LogP) is 2.35. The largest absolute Gasteiger partial charge is 0.478 e. The minimum atomic E-state index is -1.15. The summed E-state index contributed by atoms with van der Waals surface area (Å²) < 4.78 is 13.7. The molecule has 14 heavy (non-hydrogen) atoms. The van der Waals surface area contributed by atoms with Crippen molar-refractivity contribution in [2.75, 3.05) is 19.0 Å². The normalized spacial score (nSPS) is 10.0. The minimum Gasteiger partial charge on any atom is -0.478 e. The molecule has 0 aliphatic carbocycles. The van der Waals surface area contributed by atoms with Crippen LogP contribution in [0.5, 0.6) is 0 Å². The lowest BCUT2D eigenvalue weighted by molar-refractivity contribution is 0.0695. The standard InChI is InChI=1S/C9H9BrFNO2/c1-12(2)8-4-6(10)5(9(13)14)3-7(8)11/h3-4H,1-2H3,(H,13,14). The minimum absolute atomic E-state index is 0.0758. The number of halogens is 2. The van der Waals surface area contributed by atoms with Crippen LogP contribution >= 0.6 is 15.9 Å². The first-order valence-corrected chi connectivity index (χ1v) is 4.62. The fourth-order valence-electron chi connectivity index (χ4n) is 1.04. The molecule has 0 bridgehead atoms. The van der Waals surface area contributed by atoms with Gasteiger partial charge in [0.2, 0.25) is 0 Å². The molecule has 0 saturated carbocycles. The molecule has 76 valence electrons. The molecule has 0 aliphatic heterocycles. The zero-order valence-corrected chi connectivity index (χ0v) is 9.30. The van der Waals surface area contributed by atoms with Crippen LogP contribution in [-0.4, -0.2) is 25.2 Å². The average Bonchev–Trinajstić information content (AvgIpc) is 2.07. The number of hydrogen-bond donors (Lipinski definition) is 1. The Bertz CT molecular complexity index is 379. The zero-order chi connectivity index (χ0) is 10.9. The molecule has 0 heterocycles. The highest BCUT2D eigenvalue weighted by Crippen LogP contribution is 2.26. The third-order valence-electron chi connectivity index (χ3n) is 1.75. The van der Waals surface area contributed by atoms with Crippen LogP contribution in [0.4, 0.5) is 10.1 Å². The Hall–Kier alpha value is -1.10. The predicted molar refractivity (Wildman–Crippen MR) is 55.4 cm³/mol. The van der Waals surface area contributed by atoms with E-state index in [4.69, 9.17) is 5.11 Å². The summed E-state index contributed by atoms with van der Waals surface area (Å²) in [6.07, 6.45) is 0. The third kappa shape index (κ3) is 2.04. The third-order valence-corrected chi connectivity index (χ3v) is 2.40. The summed E-state index contributed by atoms with van der Waals surface area (Å²) >= 11 is 3.08. The molecule has 1 aromatic carbocycles. The van der Waals surface area contributed by atoms with Gasteiger partial charge in [-0.3, -0.25) is 0 Å². The number of nitrogens with zero attached hydrogens (tertiary/aromatic N) is 1. The Morgan fingerprint density at radius 3 is 2.50 bits per heavy atom. The molecule has 0 atom stereocenters. The van der Waals surface area contributed by atoms with Crippen LogP contribution in [0.1, 0.15) is 10.4 Å². The maximum atomic E-state index is 13.3. The van der Waals surface area contributed by atoms with Crippen LogP contribution < -0.4 is 4.90 Å². The molecule has 0 saturated heterocycles. The molecule has 1 N–H and O–H groups in total. The topological polar surface area (TPSA) is 40.5 Å². The van der Waals surface area contributed by atoms with Gasteiger partial charge < -0.3 is 10.0 Å². The van der Waals surface area contributed by atoms with Crippen molar-refractivity contribution in [2.45, 2.75) is 0 Å². The number of anilines is 1. The van der Waals surface area contributed by atoms with E-state index < -0.39 is 11.8 Å². The number of carbonyl (C=O) groups is 1. The molecule has 0 amide bonds. The second kappa shape index (κ2) is 3.96. The van der Waals surface area contributed by atoms with E-state index in [9.17, 15) is 9.18 Å². The Balaban J connectivity index is 3.31.